The molecule has 13 heavy (non-hydrogen) atoms. The van der Waals surface area contributed by atoms with Crippen LogP contribution >= 0.6 is 0 Å². The molecule has 1 aliphatic heterocycles. The predicted molar refractivity (Wildman–Crippen MR) is 54.8 cm³/mol. The largest absolute Gasteiger partial charge is 0.345 e. The number of rotatable bonds is 1. The second-order valence-electron chi connectivity index (χ2n) is 3.86. The molecule has 1 aliphatic carbocycles. The Morgan fingerprint density at radius 3 is 2.85 bits per heavy atom. The number of hydrogen-bond acceptors (Lipinski definition) is 1. The summed E-state index contributed by atoms with van der Waals surface area (Å²) in [4.78, 5) is 2.43. The summed E-state index contributed by atoms with van der Waals surface area (Å²) in [7, 11) is 0. The van der Waals surface area contributed by atoms with Crippen LogP contribution < -0.4 is 4.90 Å². The molecule has 1 nitrogen and oxygen atoms in total. The summed E-state index contributed by atoms with van der Waals surface area (Å²) in [6.07, 6.45) is 8.33. The third-order valence-electron chi connectivity index (χ3n) is 2.81. The fourth-order valence-corrected chi connectivity index (χ4v) is 1.98. The van der Waals surface area contributed by atoms with Gasteiger partial charge >= 0.3 is 0 Å². The van der Waals surface area contributed by atoms with Gasteiger partial charge in [0.25, 0.3) is 0 Å². The Kier molecular flexibility index (Phi) is 1.45. The van der Waals surface area contributed by atoms with Gasteiger partial charge in [0.2, 0.25) is 0 Å². The van der Waals surface area contributed by atoms with Crippen LogP contribution in [-0.4, -0.2) is 6.04 Å². The molecule has 0 radical (unpaired) electrons. The van der Waals surface area contributed by atoms with E-state index < -0.39 is 0 Å². The third-order valence-corrected chi connectivity index (χ3v) is 2.81. The van der Waals surface area contributed by atoms with Crippen LogP contribution in [0, 0.1) is 0 Å². The van der Waals surface area contributed by atoms with Crippen LogP contribution in [0.4, 0.5) is 5.69 Å². The quantitative estimate of drug-likeness (QED) is 0.628. The molecule has 3 rings (SSSR count). The van der Waals surface area contributed by atoms with E-state index in [1.54, 1.807) is 0 Å². The van der Waals surface area contributed by atoms with E-state index in [9.17, 15) is 0 Å². The predicted octanol–water partition coefficient (Wildman–Crippen LogP) is 2.73. The van der Waals surface area contributed by atoms with Gasteiger partial charge in [0, 0.05) is 17.9 Å². The van der Waals surface area contributed by atoms with E-state index in [0.717, 1.165) is 12.5 Å². The standard InChI is InChI=1S/C12H13N/c1-2-6-12-10(4-1)5-3-9-13(12)11-7-8-11/h1-4,6,9,11H,5,7-8H2. The first kappa shape index (κ1) is 7.19. The lowest BCUT2D eigenvalue weighted by Gasteiger charge is -2.26. The van der Waals surface area contributed by atoms with Crippen LogP contribution in [0.15, 0.2) is 36.5 Å². The van der Waals surface area contributed by atoms with E-state index in [0.29, 0.717) is 0 Å². The highest BCUT2D eigenvalue weighted by Gasteiger charge is 2.29. The van der Waals surface area contributed by atoms with E-state index in [-0.39, 0.29) is 0 Å². The Labute approximate surface area is 78.7 Å². The van der Waals surface area contributed by atoms with Crippen molar-refractivity contribution in [3.63, 3.8) is 0 Å². The number of anilines is 1. The molecular formula is C12H13N. The van der Waals surface area contributed by atoms with Crippen molar-refractivity contribution in [3.8, 4) is 0 Å². The van der Waals surface area contributed by atoms with E-state index in [1.165, 1.54) is 24.1 Å². The monoisotopic (exact) mass is 171 g/mol. The van der Waals surface area contributed by atoms with Crippen molar-refractivity contribution in [2.45, 2.75) is 25.3 Å². The van der Waals surface area contributed by atoms with Gasteiger partial charge < -0.3 is 4.90 Å². The lowest BCUT2D eigenvalue weighted by Crippen LogP contribution is -2.22. The van der Waals surface area contributed by atoms with Gasteiger partial charge in [-0.25, -0.2) is 0 Å². The summed E-state index contributed by atoms with van der Waals surface area (Å²) in [6, 6.07) is 9.51. The van der Waals surface area contributed by atoms with Crippen molar-refractivity contribution in [2.75, 3.05) is 4.90 Å². The number of nitrogens with zero attached hydrogens (tertiary/aromatic N) is 1. The molecule has 2 aliphatic rings. The number of para-hydroxylation sites is 1. The Bertz CT molecular complexity index is 350. The van der Waals surface area contributed by atoms with Gasteiger partial charge in [-0.2, -0.15) is 0 Å². The zero-order chi connectivity index (χ0) is 8.67. The van der Waals surface area contributed by atoms with Gasteiger partial charge in [-0.05, 0) is 30.9 Å². The number of benzene rings is 1. The van der Waals surface area contributed by atoms with Crippen molar-refractivity contribution in [1.82, 2.24) is 0 Å². The van der Waals surface area contributed by atoms with Gasteiger partial charge in [-0.3, -0.25) is 0 Å². The minimum Gasteiger partial charge on any atom is -0.345 e. The first-order chi connectivity index (χ1) is 6.45. The highest BCUT2D eigenvalue weighted by Crippen LogP contribution is 2.35. The molecule has 0 aromatic heterocycles. The molecule has 0 spiro atoms. The second-order valence-corrected chi connectivity index (χ2v) is 3.86. The molecule has 0 amide bonds. The molecule has 1 fully saturated rings. The molecule has 0 N–H and O–H groups in total. The smallest absolute Gasteiger partial charge is 0.0444 e. The molecule has 1 aromatic carbocycles. The molecule has 0 saturated heterocycles. The number of fused-ring (bicyclic) bond motifs is 1. The third kappa shape index (κ3) is 1.15. The first-order valence-corrected chi connectivity index (χ1v) is 4.98. The van der Waals surface area contributed by atoms with Crippen molar-refractivity contribution >= 4 is 5.69 Å². The maximum absolute atomic E-state index is 2.43. The van der Waals surface area contributed by atoms with Crippen LogP contribution in [-0.2, 0) is 6.42 Å². The average Bonchev–Trinajstić information content (AvgIpc) is 3.00. The minimum absolute atomic E-state index is 0.790. The van der Waals surface area contributed by atoms with E-state index in [1.807, 2.05) is 0 Å². The maximum atomic E-state index is 2.43. The normalized spacial score (nSPS) is 20.2. The molecule has 1 saturated carbocycles. The molecule has 1 aromatic rings. The average molecular weight is 171 g/mol. The van der Waals surface area contributed by atoms with Crippen molar-refractivity contribution < 1.29 is 0 Å². The van der Waals surface area contributed by atoms with Crippen molar-refractivity contribution in [3.05, 3.63) is 42.1 Å². The van der Waals surface area contributed by atoms with Crippen LogP contribution in [0.3, 0.4) is 0 Å². The molecular weight excluding hydrogens is 158 g/mol. The summed E-state index contributed by atoms with van der Waals surface area (Å²) in [6.45, 7) is 0. The summed E-state index contributed by atoms with van der Waals surface area (Å²) >= 11 is 0. The fraction of sp³-hybridized carbons (Fsp3) is 0.333. The second kappa shape index (κ2) is 2.63. The Balaban J connectivity index is 2.04. The van der Waals surface area contributed by atoms with E-state index >= 15 is 0 Å². The fourth-order valence-electron chi connectivity index (χ4n) is 1.98. The Hall–Kier alpha value is -1.24. The van der Waals surface area contributed by atoms with Crippen molar-refractivity contribution in [1.29, 1.82) is 0 Å². The minimum atomic E-state index is 0.790. The van der Waals surface area contributed by atoms with Crippen LogP contribution in [0.1, 0.15) is 18.4 Å². The van der Waals surface area contributed by atoms with Crippen molar-refractivity contribution in [2.24, 2.45) is 0 Å². The molecule has 1 heteroatoms. The Morgan fingerprint density at radius 1 is 1.15 bits per heavy atom. The Morgan fingerprint density at radius 2 is 2.00 bits per heavy atom. The highest BCUT2D eigenvalue weighted by atomic mass is 15.2. The summed E-state index contributed by atoms with van der Waals surface area (Å²) in [5.41, 5.74) is 2.89. The molecule has 0 bridgehead atoms. The first-order valence-electron chi connectivity index (χ1n) is 4.98. The van der Waals surface area contributed by atoms with Gasteiger partial charge in [0.05, 0.1) is 0 Å². The zero-order valence-corrected chi connectivity index (χ0v) is 7.61. The summed E-state index contributed by atoms with van der Waals surface area (Å²) in [5.74, 6) is 0. The molecule has 66 valence electrons. The highest BCUT2D eigenvalue weighted by molar-refractivity contribution is 5.60. The van der Waals surface area contributed by atoms with Gasteiger partial charge in [0.1, 0.15) is 0 Å². The van der Waals surface area contributed by atoms with Crippen LogP contribution in [0.2, 0.25) is 0 Å². The zero-order valence-electron chi connectivity index (χ0n) is 7.61. The lowest BCUT2D eigenvalue weighted by atomic mass is 10.1. The van der Waals surface area contributed by atoms with Gasteiger partial charge in [0.15, 0.2) is 0 Å². The topological polar surface area (TPSA) is 3.24 Å². The van der Waals surface area contributed by atoms with E-state index in [4.69, 9.17) is 0 Å². The molecule has 1 heterocycles. The van der Waals surface area contributed by atoms with Crippen LogP contribution in [0.5, 0.6) is 0 Å². The number of hydrogen-bond donors (Lipinski definition) is 0. The molecule has 0 unspecified atom stereocenters. The number of allylic oxidation sites excluding steroid dienone is 1. The molecule has 0 atom stereocenters. The SMILES string of the molecule is C1=CN(C2CC2)c2ccccc2C1. The lowest BCUT2D eigenvalue weighted by molar-refractivity contribution is 0.928. The summed E-state index contributed by atoms with van der Waals surface area (Å²) < 4.78 is 0. The van der Waals surface area contributed by atoms with Gasteiger partial charge in [-0.15, -0.1) is 0 Å². The summed E-state index contributed by atoms with van der Waals surface area (Å²) in [5, 5.41) is 0. The maximum Gasteiger partial charge on any atom is 0.0444 e. The van der Waals surface area contributed by atoms with E-state index in [2.05, 4.69) is 41.4 Å². The van der Waals surface area contributed by atoms with Crippen LogP contribution in [0.25, 0.3) is 0 Å². The van der Waals surface area contributed by atoms with Gasteiger partial charge in [-0.1, -0.05) is 24.3 Å².